The Bertz CT molecular complexity index is 1100. The number of rotatable bonds is 5. The van der Waals surface area contributed by atoms with Crippen LogP contribution in [-0.4, -0.2) is 46.7 Å². The third kappa shape index (κ3) is 3.28. The van der Waals surface area contributed by atoms with E-state index in [9.17, 15) is 8.78 Å². The van der Waals surface area contributed by atoms with Crippen molar-refractivity contribution in [3.8, 4) is 10.6 Å². The molecule has 0 spiro atoms. The molecule has 4 heterocycles. The van der Waals surface area contributed by atoms with Gasteiger partial charge in [0.05, 0.1) is 0 Å². The van der Waals surface area contributed by atoms with Crippen molar-refractivity contribution >= 4 is 29.5 Å². The zero-order valence-electron chi connectivity index (χ0n) is 17.1. The van der Waals surface area contributed by atoms with Crippen molar-refractivity contribution < 1.29 is 8.78 Å². The van der Waals surface area contributed by atoms with Crippen LogP contribution in [0.5, 0.6) is 0 Å². The van der Waals surface area contributed by atoms with Gasteiger partial charge in [-0.25, -0.2) is 0 Å². The van der Waals surface area contributed by atoms with Gasteiger partial charge >= 0.3 is 179 Å². The number of aromatic nitrogens is 3. The average molecular weight is 427 g/mol. The summed E-state index contributed by atoms with van der Waals surface area (Å²) in [4.78, 5) is 2.43. The molecule has 156 valence electrons. The zero-order valence-corrected chi connectivity index (χ0v) is 17.9. The van der Waals surface area contributed by atoms with Crippen LogP contribution in [0.2, 0.25) is 0 Å². The zero-order chi connectivity index (χ0) is 21.0. The first-order valence-electron chi connectivity index (χ1n) is 10.3. The summed E-state index contributed by atoms with van der Waals surface area (Å²) in [6.07, 6.45) is 3.74. The number of allylic oxidation sites excluding steroid dienone is 1. The molecule has 1 aliphatic heterocycles. The molecule has 1 saturated carbocycles. The fourth-order valence-electron chi connectivity index (χ4n) is 4.59. The topological polar surface area (TPSA) is 45.5 Å². The van der Waals surface area contributed by atoms with Crippen molar-refractivity contribution in [1.29, 1.82) is 0 Å². The SMILES string of the molecule is C=CC1(c2cc(N3CC(C)N[C@@H](C)C3)c3cbc(-c4nnc(C(F)F)s4)n3c2)CC1. The molecule has 1 unspecified atom stereocenters. The summed E-state index contributed by atoms with van der Waals surface area (Å²) in [5.41, 5.74) is 4.25. The van der Waals surface area contributed by atoms with E-state index < -0.39 is 6.43 Å². The van der Waals surface area contributed by atoms with Gasteiger partial charge in [0.2, 0.25) is 0 Å². The Balaban J connectivity index is 1.67. The second kappa shape index (κ2) is 7.23. The number of alkyl halides is 2. The predicted octanol–water partition coefficient (Wildman–Crippen LogP) is 4.14. The predicted molar refractivity (Wildman–Crippen MR) is 118 cm³/mol. The van der Waals surface area contributed by atoms with E-state index >= 15 is 0 Å². The van der Waals surface area contributed by atoms with Crippen molar-refractivity contribution in [3.63, 3.8) is 0 Å². The molecule has 3 aromatic heterocycles. The molecule has 0 radical (unpaired) electrons. The summed E-state index contributed by atoms with van der Waals surface area (Å²) in [7, 11) is 0. The maximum absolute atomic E-state index is 13.1. The average Bonchev–Trinajstić information content (AvgIpc) is 3.15. The number of anilines is 1. The van der Waals surface area contributed by atoms with Crippen LogP contribution < -0.4 is 10.2 Å². The summed E-state index contributed by atoms with van der Waals surface area (Å²) in [6, 6.07) is 3.07. The molecule has 1 N–H and O–H groups in total. The van der Waals surface area contributed by atoms with E-state index in [0.717, 1.165) is 48.4 Å². The van der Waals surface area contributed by atoms with Gasteiger partial charge in [-0.1, -0.05) is 0 Å². The minimum absolute atomic E-state index is 0.00497. The number of pyridine rings is 1. The Morgan fingerprint density at radius 1 is 1.30 bits per heavy atom. The van der Waals surface area contributed by atoms with E-state index in [1.54, 1.807) is 0 Å². The third-order valence-electron chi connectivity index (χ3n) is 6.24. The Morgan fingerprint density at radius 3 is 2.63 bits per heavy atom. The van der Waals surface area contributed by atoms with Crippen LogP contribution in [0.3, 0.4) is 0 Å². The number of halogens is 2. The van der Waals surface area contributed by atoms with Crippen molar-refractivity contribution in [3.05, 3.63) is 41.5 Å². The van der Waals surface area contributed by atoms with E-state index in [2.05, 4.69) is 63.5 Å². The van der Waals surface area contributed by atoms with E-state index in [1.165, 1.54) is 11.3 Å². The fraction of sp³-hybridized carbons (Fsp3) is 0.476. The molecular weight excluding hydrogens is 403 g/mol. The van der Waals surface area contributed by atoms with Crippen molar-refractivity contribution in [2.24, 2.45) is 0 Å². The second-order valence-electron chi connectivity index (χ2n) is 8.57. The summed E-state index contributed by atoms with van der Waals surface area (Å²) in [5.74, 6) is 2.06. The Morgan fingerprint density at radius 2 is 2.03 bits per heavy atom. The van der Waals surface area contributed by atoms with E-state index in [-0.39, 0.29) is 10.4 Å². The molecule has 5 rings (SSSR count). The van der Waals surface area contributed by atoms with Gasteiger partial charge in [-0.3, -0.25) is 0 Å². The summed E-state index contributed by atoms with van der Waals surface area (Å²) in [6.45, 7) is 12.3. The normalized spacial score (nSPS) is 23.2. The summed E-state index contributed by atoms with van der Waals surface area (Å²) < 4.78 is 28.2. The molecular formula is C21H24BF2N5S. The van der Waals surface area contributed by atoms with E-state index in [4.69, 9.17) is 0 Å². The van der Waals surface area contributed by atoms with Gasteiger partial charge in [0.1, 0.15) is 0 Å². The van der Waals surface area contributed by atoms with Crippen LogP contribution in [0.25, 0.3) is 16.1 Å². The Hall–Kier alpha value is -2.13. The Labute approximate surface area is 179 Å². The van der Waals surface area contributed by atoms with E-state index in [1.807, 2.05) is 13.0 Å². The maximum atomic E-state index is 13.1. The molecule has 2 aliphatic rings. The number of nitrogens with zero attached hydrogens (tertiary/aromatic N) is 4. The van der Waals surface area contributed by atoms with E-state index in [0.29, 0.717) is 17.1 Å². The molecule has 5 nitrogen and oxygen atoms in total. The van der Waals surface area contributed by atoms with Crippen molar-refractivity contribution in [2.45, 2.75) is 50.6 Å². The van der Waals surface area contributed by atoms with Crippen molar-refractivity contribution in [2.75, 3.05) is 18.0 Å². The molecule has 1 saturated heterocycles. The van der Waals surface area contributed by atoms with Gasteiger partial charge in [0.15, 0.2) is 0 Å². The van der Waals surface area contributed by atoms with Crippen LogP contribution in [0, 0.1) is 0 Å². The number of nitrogens with one attached hydrogen (secondary N) is 1. The van der Waals surface area contributed by atoms with Crippen LogP contribution >= 0.6 is 11.3 Å². The van der Waals surface area contributed by atoms with Crippen LogP contribution in [0.1, 0.15) is 43.7 Å². The van der Waals surface area contributed by atoms with Crippen molar-refractivity contribution in [1.82, 2.24) is 19.9 Å². The standard InChI is InChI=1S/C21H24BF2N5S/c1-4-21(5-6-21)14-7-15(28-9-12(2)25-13(3)10-28)16-8-22-17(29(16)11-14)19-26-27-20(30-19)18(23)24/h4,7-8,11-13,18,25H,1,5-6,9-10H2,2-3H3/t12-,13?/m0/s1. The monoisotopic (exact) mass is 427 g/mol. The number of hydrogen-bond donors (Lipinski definition) is 1. The van der Waals surface area contributed by atoms with Crippen LogP contribution in [0.4, 0.5) is 14.5 Å². The third-order valence-corrected chi connectivity index (χ3v) is 7.19. The molecule has 30 heavy (non-hydrogen) atoms. The molecule has 0 bridgehead atoms. The molecule has 0 amide bonds. The molecule has 2 atom stereocenters. The number of hydrogen-bond acceptors (Lipinski definition) is 5. The minimum atomic E-state index is -2.60. The van der Waals surface area contributed by atoms with Gasteiger partial charge in [0, 0.05) is 0 Å². The summed E-state index contributed by atoms with van der Waals surface area (Å²) >= 11 is 0.954. The van der Waals surface area contributed by atoms with Gasteiger partial charge in [-0.15, -0.1) is 0 Å². The first-order chi connectivity index (χ1) is 14.4. The fourth-order valence-corrected chi connectivity index (χ4v) is 5.31. The first-order valence-corrected chi connectivity index (χ1v) is 11.1. The van der Waals surface area contributed by atoms with Gasteiger partial charge < -0.3 is 0 Å². The molecule has 1 aliphatic carbocycles. The van der Waals surface area contributed by atoms with Crippen LogP contribution in [0.15, 0.2) is 30.9 Å². The molecule has 2 fully saturated rings. The van der Waals surface area contributed by atoms with Gasteiger partial charge in [0.25, 0.3) is 0 Å². The molecule has 3 aromatic rings. The number of fused-ring (bicyclic) bond motifs is 1. The van der Waals surface area contributed by atoms with Gasteiger partial charge in [-0.05, 0) is 0 Å². The van der Waals surface area contributed by atoms with Crippen LogP contribution in [-0.2, 0) is 5.41 Å². The Kier molecular flexibility index (Phi) is 4.78. The quantitative estimate of drug-likeness (QED) is 0.622. The first kappa shape index (κ1) is 19.8. The molecule has 9 heteroatoms. The molecule has 0 aromatic carbocycles. The number of piperazine rings is 1. The van der Waals surface area contributed by atoms with Gasteiger partial charge in [-0.2, -0.15) is 0 Å². The summed E-state index contributed by atoms with van der Waals surface area (Å²) in [5, 5.41) is 11.6. The second-order valence-corrected chi connectivity index (χ2v) is 9.58.